The quantitative estimate of drug-likeness (QED) is 0.0913. The summed E-state index contributed by atoms with van der Waals surface area (Å²) in [6.45, 7) is 7.15. The van der Waals surface area contributed by atoms with E-state index < -0.39 is 15.2 Å². The molecule has 11 N–H and O–H groups in total. The summed E-state index contributed by atoms with van der Waals surface area (Å²) in [5, 5.41) is 9.71. The van der Waals surface area contributed by atoms with Crippen LogP contribution in [0.1, 0.15) is 32.1 Å². The predicted molar refractivity (Wildman–Crippen MR) is 114 cm³/mol. The standard InChI is InChI=1S/C8H23N5.C7H18O6P2/c9-1-3-11-5-7-13-8-6-12-4-2-10;8-14(9,10)6-4-2-1-3-5-7-15(11,12)13/h11-13H,1-10H2;1-7H2,(H2,8,9,10)(H2,11,12,13). The molecule has 0 spiro atoms. The highest BCUT2D eigenvalue weighted by Gasteiger charge is 2.12. The highest BCUT2D eigenvalue weighted by molar-refractivity contribution is 7.52. The van der Waals surface area contributed by atoms with Gasteiger partial charge in [0.25, 0.3) is 0 Å². The predicted octanol–water partition coefficient (Wildman–Crippen LogP) is -1.04. The van der Waals surface area contributed by atoms with E-state index in [4.69, 9.17) is 31.0 Å². The van der Waals surface area contributed by atoms with Crippen LogP contribution in [0.4, 0.5) is 0 Å². The van der Waals surface area contributed by atoms with Crippen LogP contribution in [0, 0.1) is 0 Å². The maximum atomic E-state index is 10.4. The first-order valence-corrected chi connectivity index (χ1v) is 13.3. The van der Waals surface area contributed by atoms with Gasteiger partial charge in [-0.3, -0.25) is 9.13 Å². The van der Waals surface area contributed by atoms with Gasteiger partial charge in [0, 0.05) is 64.7 Å². The van der Waals surface area contributed by atoms with Gasteiger partial charge in [-0.1, -0.05) is 19.3 Å². The van der Waals surface area contributed by atoms with Crippen molar-refractivity contribution in [2.75, 3.05) is 64.7 Å². The van der Waals surface area contributed by atoms with Gasteiger partial charge in [0.1, 0.15) is 0 Å². The fourth-order valence-electron chi connectivity index (χ4n) is 2.10. The maximum absolute atomic E-state index is 10.4. The smallest absolute Gasteiger partial charge is 0.325 e. The van der Waals surface area contributed by atoms with Crippen molar-refractivity contribution in [3.8, 4) is 0 Å². The molecule has 0 aromatic carbocycles. The van der Waals surface area contributed by atoms with E-state index in [0.29, 0.717) is 38.8 Å². The average Bonchev–Trinajstić information content (AvgIpc) is 2.58. The summed E-state index contributed by atoms with van der Waals surface area (Å²) in [6.07, 6.45) is 2.83. The van der Waals surface area contributed by atoms with Gasteiger partial charge in [0.05, 0.1) is 0 Å². The Bertz CT molecular complexity index is 386. The van der Waals surface area contributed by atoms with Gasteiger partial charge in [-0.15, -0.1) is 0 Å². The van der Waals surface area contributed by atoms with Gasteiger partial charge in [-0.2, -0.15) is 0 Å². The zero-order valence-electron chi connectivity index (χ0n) is 16.8. The number of rotatable bonds is 18. The third-order valence-electron chi connectivity index (χ3n) is 3.50. The largest absolute Gasteiger partial charge is 0.329 e. The molecule has 0 saturated heterocycles. The van der Waals surface area contributed by atoms with Crippen LogP contribution in [0.2, 0.25) is 0 Å². The van der Waals surface area contributed by atoms with Crippen LogP contribution < -0.4 is 27.4 Å². The Morgan fingerprint density at radius 1 is 0.536 bits per heavy atom. The third-order valence-corrected chi connectivity index (χ3v) is 5.30. The van der Waals surface area contributed by atoms with E-state index in [1.807, 2.05) is 0 Å². The summed E-state index contributed by atoms with van der Waals surface area (Å²) >= 11 is 0. The van der Waals surface area contributed by atoms with Crippen LogP contribution in [0.25, 0.3) is 0 Å². The molecule has 0 atom stereocenters. The first kappa shape index (κ1) is 30.3. The molecule has 28 heavy (non-hydrogen) atoms. The molecule has 0 radical (unpaired) electrons. The number of nitrogens with two attached hydrogens (primary N) is 2. The Morgan fingerprint density at radius 3 is 1.11 bits per heavy atom. The Kier molecular flexibility index (Phi) is 22.0. The normalized spacial score (nSPS) is 11.9. The molecule has 0 aromatic heterocycles. The Balaban J connectivity index is 0. The zero-order valence-corrected chi connectivity index (χ0v) is 18.5. The lowest BCUT2D eigenvalue weighted by atomic mass is 10.2. The second kappa shape index (κ2) is 20.4. The summed E-state index contributed by atoms with van der Waals surface area (Å²) in [4.78, 5) is 34.1. The monoisotopic (exact) mass is 449 g/mol. The summed E-state index contributed by atoms with van der Waals surface area (Å²) in [5.74, 6) is 0. The van der Waals surface area contributed by atoms with Crippen LogP contribution in [0.3, 0.4) is 0 Å². The molecule has 0 fully saturated rings. The highest BCUT2D eigenvalue weighted by Crippen LogP contribution is 2.36. The minimum atomic E-state index is -3.87. The van der Waals surface area contributed by atoms with Crippen LogP contribution >= 0.6 is 15.2 Å². The first-order chi connectivity index (χ1) is 13.1. The first-order valence-electron chi connectivity index (χ1n) is 9.74. The van der Waals surface area contributed by atoms with Gasteiger partial charge < -0.3 is 47.0 Å². The van der Waals surface area contributed by atoms with Crippen molar-refractivity contribution in [1.82, 2.24) is 16.0 Å². The Hall–Kier alpha value is 0.1000. The number of hydrogen-bond acceptors (Lipinski definition) is 7. The van der Waals surface area contributed by atoms with E-state index in [-0.39, 0.29) is 12.3 Å². The fourth-order valence-corrected chi connectivity index (χ4v) is 3.37. The molecular formula is C15H41N5O6P2. The summed E-state index contributed by atoms with van der Waals surface area (Å²) in [6, 6.07) is 0. The lowest BCUT2D eigenvalue weighted by Crippen LogP contribution is -2.35. The molecule has 0 bridgehead atoms. The Morgan fingerprint density at radius 2 is 0.821 bits per heavy atom. The molecule has 0 aromatic rings. The van der Waals surface area contributed by atoms with Gasteiger partial charge in [-0.05, 0) is 12.8 Å². The molecule has 0 aliphatic heterocycles. The molecular weight excluding hydrogens is 408 g/mol. The van der Waals surface area contributed by atoms with Gasteiger partial charge in [-0.25, -0.2) is 0 Å². The maximum Gasteiger partial charge on any atom is 0.325 e. The number of nitrogens with one attached hydrogen (secondary N) is 3. The topological polar surface area (TPSA) is 203 Å². The molecule has 0 heterocycles. The SMILES string of the molecule is NCCNCCNCCNCCN.O=P(O)(O)CCCCCCCP(=O)(O)O. The van der Waals surface area contributed by atoms with Gasteiger partial charge in [0.2, 0.25) is 0 Å². The summed E-state index contributed by atoms with van der Waals surface area (Å²) in [7, 11) is -7.74. The molecule has 13 heteroatoms. The minimum Gasteiger partial charge on any atom is -0.329 e. The fraction of sp³-hybridized carbons (Fsp3) is 1.00. The van der Waals surface area contributed by atoms with Crippen LogP contribution in [-0.4, -0.2) is 84.3 Å². The molecule has 11 nitrogen and oxygen atoms in total. The van der Waals surface area contributed by atoms with E-state index in [1.165, 1.54) is 0 Å². The van der Waals surface area contributed by atoms with E-state index in [0.717, 1.165) is 45.7 Å². The molecule has 0 saturated carbocycles. The second-order valence-corrected chi connectivity index (χ2v) is 9.92. The van der Waals surface area contributed by atoms with E-state index >= 15 is 0 Å². The molecule has 0 aliphatic carbocycles. The van der Waals surface area contributed by atoms with E-state index in [1.54, 1.807) is 0 Å². The molecule has 172 valence electrons. The van der Waals surface area contributed by atoms with Crippen molar-refractivity contribution in [3.05, 3.63) is 0 Å². The molecule has 0 unspecified atom stereocenters. The highest BCUT2D eigenvalue weighted by atomic mass is 31.2. The number of unbranched alkanes of at least 4 members (excludes halogenated alkanes) is 4. The van der Waals surface area contributed by atoms with Crippen LogP contribution in [0.5, 0.6) is 0 Å². The Labute approximate surface area is 168 Å². The van der Waals surface area contributed by atoms with Crippen molar-refractivity contribution in [1.29, 1.82) is 0 Å². The third kappa shape index (κ3) is 33.7. The molecule has 0 amide bonds. The minimum absolute atomic E-state index is 0.106. The zero-order chi connectivity index (χ0) is 21.7. The molecule has 0 rings (SSSR count). The van der Waals surface area contributed by atoms with Crippen molar-refractivity contribution >= 4 is 15.2 Å². The van der Waals surface area contributed by atoms with Crippen molar-refractivity contribution in [2.24, 2.45) is 11.5 Å². The average molecular weight is 449 g/mol. The van der Waals surface area contributed by atoms with Gasteiger partial charge >= 0.3 is 15.2 Å². The number of hydrogen-bond donors (Lipinski definition) is 9. The van der Waals surface area contributed by atoms with Gasteiger partial charge in [0.15, 0.2) is 0 Å². The van der Waals surface area contributed by atoms with Crippen LogP contribution in [0.15, 0.2) is 0 Å². The van der Waals surface area contributed by atoms with Crippen molar-refractivity contribution in [3.63, 3.8) is 0 Å². The second-order valence-electron chi connectivity index (χ2n) is 6.37. The van der Waals surface area contributed by atoms with Crippen molar-refractivity contribution < 1.29 is 28.7 Å². The van der Waals surface area contributed by atoms with Crippen LogP contribution in [-0.2, 0) is 9.13 Å². The molecule has 0 aliphatic rings. The summed E-state index contributed by atoms with van der Waals surface area (Å²) < 4.78 is 20.9. The lowest BCUT2D eigenvalue weighted by Gasteiger charge is -2.06. The van der Waals surface area contributed by atoms with Crippen molar-refractivity contribution in [2.45, 2.75) is 32.1 Å². The summed E-state index contributed by atoms with van der Waals surface area (Å²) in [5.41, 5.74) is 10.6. The lowest BCUT2D eigenvalue weighted by molar-refractivity contribution is 0.370. The van der Waals surface area contributed by atoms with E-state index in [9.17, 15) is 9.13 Å². The van der Waals surface area contributed by atoms with E-state index in [2.05, 4.69) is 16.0 Å².